The Hall–Kier alpha value is -4.08. The highest BCUT2D eigenvalue weighted by molar-refractivity contribution is 6.05. The van der Waals surface area contributed by atoms with E-state index < -0.39 is 11.7 Å². The third kappa shape index (κ3) is 3.59. The Morgan fingerprint density at radius 1 is 1.19 bits per heavy atom. The van der Waals surface area contributed by atoms with E-state index in [1.807, 2.05) is 0 Å². The van der Waals surface area contributed by atoms with Gasteiger partial charge in [0.25, 0.3) is 5.95 Å². The van der Waals surface area contributed by atoms with Crippen LogP contribution in [0, 0.1) is 11.6 Å². The zero-order valence-corrected chi connectivity index (χ0v) is 16.8. The maximum absolute atomic E-state index is 14.2. The first-order valence-corrected chi connectivity index (χ1v) is 9.99. The van der Waals surface area contributed by atoms with Crippen molar-refractivity contribution in [3.63, 3.8) is 0 Å². The van der Waals surface area contributed by atoms with Crippen molar-refractivity contribution in [2.24, 2.45) is 5.73 Å². The first kappa shape index (κ1) is 19.9. The summed E-state index contributed by atoms with van der Waals surface area (Å²) in [6.07, 6.45) is 2.88. The van der Waals surface area contributed by atoms with Crippen LogP contribution in [0.3, 0.4) is 0 Å². The molecule has 2 aromatic carbocycles. The van der Waals surface area contributed by atoms with Gasteiger partial charge in [0, 0.05) is 18.0 Å². The molecule has 3 N–H and O–H groups in total. The van der Waals surface area contributed by atoms with Gasteiger partial charge in [-0.05, 0) is 36.6 Å². The Labute approximate surface area is 181 Å². The van der Waals surface area contributed by atoms with E-state index in [9.17, 15) is 13.6 Å². The SMILES string of the molecule is NC(=O)c1cc(F)cc2c1cnn2-c1nc2c(c(NCc3cccc(F)c3)n1)OCCC2. The van der Waals surface area contributed by atoms with Crippen LogP contribution in [0.2, 0.25) is 0 Å². The van der Waals surface area contributed by atoms with Crippen LogP contribution in [-0.2, 0) is 13.0 Å². The molecule has 2 aromatic heterocycles. The number of halogens is 2. The second-order valence-corrected chi connectivity index (χ2v) is 7.39. The van der Waals surface area contributed by atoms with Crippen molar-refractivity contribution in [3.8, 4) is 11.7 Å². The number of carbonyl (C=O) groups is 1. The van der Waals surface area contributed by atoms with Gasteiger partial charge in [-0.15, -0.1) is 0 Å². The summed E-state index contributed by atoms with van der Waals surface area (Å²) in [5, 5.41) is 7.84. The number of aromatic nitrogens is 4. The summed E-state index contributed by atoms with van der Waals surface area (Å²) in [4.78, 5) is 20.8. The topological polar surface area (TPSA) is 108 Å². The summed E-state index contributed by atoms with van der Waals surface area (Å²) < 4.78 is 34.8. The molecule has 1 aliphatic rings. The second-order valence-electron chi connectivity index (χ2n) is 7.39. The fraction of sp³-hybridized carbons (Fsp3) is 0.182. The number of nitrogens with two attached hydrogens (primary N) is 1. The Morgan fingerprint density at radius 3 is 2.88 bits per heavy atom. The fourth-order valence-electron chi connectivity index (χ4n) is 3.72. The molecule has 0 fully saturated rings. The number of anilines is 1. The summed E-state index contributed by atoms with van der Waals surface area (Å²) in [5.41, 5.74) is 7.13. The molecule has 0 spiro atoms. The van der Waals surface area contributed by atoms with Gasteiger partial charge in [0.2, 0.25) is 5.91 Å². The van der Waals surface area contributed by atoms with Crippen LogP contribution < -0.4 is 15.8 Å². The quantitative estimate of drug-likeness (QED) is 0.498. The first-order chi connectivity index (χ1) is 15.5. The highest BCUT2D eigenvalue weighted by Gasteiger charge is 2.22. The van der Waals surface area contributed by atoms with Gasteiger partial charge >= 0.3 is 0 Å². The van der Waals surface area contributed by atoms with Gasteiger partial charge in [-0.2, -0.15) is 14.8 Å². The van der Waals surface area contributed by atoms with Gasteiger partial charge in [0.1, 0.15) is 11.6 Å². The van der Waals surface area contributed by atoms with Gasteiger partial charge in [0.15, 0.2) is 11.6 Å². The summed E-state index contributed by atoms with van der Waals surface area (Å²) in [6.45, 7) is 0.840. The van der Waals surface area contributed by atoms with Crippen molar-refractivity contribution < 1.29 is 18.3 Å². The van der Waals surface area contributed by atoms with Crippen LogP contribution in [0.25, 0.3) is 16.9 Å². The number of rotatable bonds is 5. The smallest absolute Gasteiger partial charge is 0.253 e. The number of hydrogen-bond acceptors (Lipinski definition) is 6. The van der Waals surface area contributed by atoms with Crippen molar-refractivity contribution >= 4 is 22.6 Å². The van der Waals surface area contributed by atoms with E-state index in [0.29, 0.717) is 47.7 Å². The lowest BCUT2D eigenvalue weighted by Crippen LogP contribution is -2.17. The minimum atomic E-state index is -0.758. The highest BCUT2D eigenvalue weighted by Crippen LogP contribution is 2.32. The lowest BCUT2D eigenvalue weighted by atomic mass is 10.1. The average Bonchev–Trinajstić information content (AvgIpc) is 3.20. The number of carbonyl (C=O) groups excluding carboxylic acids is 1. The zero-order valence-electron chi connectivity index (χ0n) is 16.8. The normalized spacial score (nSPS) is 12.9. The molecule has 5 rings (SSSR count). The van der Waals surface area contributed by atoms with E-state index in [1.165, 1.54) is 29.1 Å². The van der Waals surface area contributed by atoms with Crippen LogP contribution in [0.4, 0.5) is 14.6 Å². The Morgan fingerprint density at radius 2 is 2.06 bits per heavy atom. The van der Waals surface area contributed by atoms with Gasteiger partial charge in [-0.3, -0.25) is 4.79 Å². The van der Waals surface area contributed by atoms with Gasteiger partial charge in [-0.1, -0.05) is 12.1 Å². The van der Waals surface area contributed by atoms with Gasteiger partial charge in [0.05, 0.1) is 29.6 Å². The molecule has 4 aromatic rings. The molecular formula is C22H18F2N6O2. The number of nitrogens with zero attached hydrogens (tertiary/aromatic N) is 4. The molecule has 162 valence electrons. The molecule has 1 aliphatic heterocycles. The molecule has 32 heavy (non-hydrogen) atoms. The summed E-state index contributed by atoms with van der Waals surface area (Å²) in [6, 6.07) is 8.54. The number of amides is 1. The summed E-state index contributed by atoms with van der Waals surface area (Å²) >= 11 is 0. The lowest BCUT2D eigenvalue weighted by Gasteiger charge is -2.20. The first-order valence-electron chi connectivity index (χ1n) is 9.99. The lowest BCUT2D eigenvalue weighted by molar-refractivity contribution is 0.100. The van der Waals surface area contributed by atoms with Crippen LogP contribution in [0.15, 0.2) is 42.6 Å². The molecule has 1 amide bonds. The summed E-state index contributed by atoms with van der Waals surface area (Å²) in [7, 11) is 0. The number of fused-ring (bicyclic) bond motifs is 2. The molecular weight excluding hydrogens is 418 g/mol. The molecule has 10 heteroatoms. The van der Waals surface area contributed by atoms with Crippen LogP contribution >= 0.6 is 0 Å². The minimum absolute atomic E-state index is 0.0250. The van der Waals surface area contributed by atoms with Crippen molar-refractivity contribution in [2.75, 3.05) is 11.9 Å². The summed E-state index contributed by atoms with van der Waals surface area (Å²) in [5.74, 6) is -0.584. The number of primary amides is 1. The van der Waals surface area contributed by atoms with Crippen molar-refractivity contribution in [1.82, 2.24) is 19.7 Å². The third-order valence-corrected chi connectivity index (χ3v) is 5.19. The number of ether oxygens (including phenoxy) is 1. The molecule has 3 heterocycles. The van der Waals surface area contributed by atoms with Gasteiger partial charge in [-0.25, -0.2) is 13.8 Å². The molecule has 0 atom stereocenters. The monoisotopic (exact) mass is 436 g/mol. The standard InChI is InChI=1S/C22H18F2N6O2/c23-13-4-1-3-12(7-13)10-26-21-19-17(5-2-6-32-19)28-22(29-21)30-18-9-14(24)8-15(20(25)31)16(18)11-27-30/h1,3-4,7-9,11H,2,5-6,10H2,(H2,25,31)(H,26,28,29). The van der Waals surface area contributed by atoms with E-state index in [-0.39, 0.29) is 17.3 Å². The molecule has 0 saturated carbocycles. The number of hydrogen-bond donors (Lipinski definition) is 2. The Bertz CT molecular complexity index is 1350. The maximum Gasteiger partial charge on any atom is 0.253 e. The third-order valence-electron chi connectivity index (χ3n) is 5.19. The van der Waals surface area contributed by atoms with E-state index in [2.05, 4.69) is 20.4 Å². The second kappa shape index (κ2) is 7.88. The predicted molar refractivity (Wildman–Crippen MR) is 113 cm³/mol. The molecule has 0 unspecified atom stereocenters. The van der Waals surface area contributed by atoms with Crippen LogP contribution in [0.5, 0.6) is 5.75 Å². The van der Waals surface area contributed by atoms with Gasteiger partial charge < -0.3 is 15.8 Å². The molecule has 0 aliphatic carbocycles. The fourth-order valence-corrected chi connectivity index (χ4v) is 3.72. The highest BCUT2D eigenvalue weighted by atomic mass is 19.1. The number of benzene rings is 2. The molecule has 8 nitrogen and oxygen atoms in total. The number of nitrogens with one attached hydrogen (secondary N) is 1. The van der Waals surface area contributed by atoms with E-state index >= 15 is 0 Å². The minimum Gasteiger partial charge on any atom is -0.488 e. The Kier molecular flexibility index (Phi) is 4.89. The van der Waals surface area contributed by atoms with Crippen molar-refractivity contribution in [1.29, 1.82) is 0 Å². The zero-order chi connectivity index (χ0) is 22.2. The van der Waals surface area contributed by atoms with Crippen molar-refractivity contribution in [2.45, 2.75) is 19.4 Å². The van der Waals surface area contributed by atoms with Crippen LogP contribution in [-0.4, -0.2) is 32.3 Å². The average molecular weight is 436 g/mol. The maximum atomic E-state index is 14.2. The van der Waals surface area contributed by atoms with Crippen molar-refractivity contribution in [3.05, 3.63) is 71.1 Å². The van der Waals surface area contributed by atoms with Crippen LogP contribution in [0.1, 0.15) is 28.0 Å². The molecule has 0 bridgehead atoms. The Balaban J connectivity index is 1.59. The van der Waals surface area contributed by atoms with E-state index in [4.69, 9.17) is 10.5 Å². The number of aryl methyl sites for hydroxylation is 1. The molecule has 0 radical (unpaired) electrons. The predicted octanol–water partition coefficient (Wildman–Crippen LogP) is 3.13. The van der Waals surface area contributed by atoms with E-state index in [0.717, 1.165) is 18.1 Å². The largest absolute Gasteiger partial charge is 0.488 e. The van der Waals surface area contributed by atoms with E-state index in [1.54, 1.807) is 12.1 Å². The molecule has 0 saturated heterocycles.